The average Bonchev–Trinajstić information content (AvgIpc) is 2.61. The summed E-state index contributed by atoms with van der Waals surface area (Å²) in [5.74, 6) is -0.0967. The Balaban J connectivity index is 2.09. The van der Waals surface area contributed by atoms with Crippen molar-refractivity contribution in [2.75, 3.05) is 20.1 Å². The van der Waals surface area contributed by atoms with Crippen LogP contribution in [0.3, 0.4) is 0 Å². The van der Waals surface area contributed by atoms with Gasteiger partial charge in [0.05, 0.1) is 11.4 Å². The molecule has 3 rings (SSSR count). The summed E-state index contributed by atoms with van der Waals surface area (Å²) in [6.07, 6.45) is 2.04. The fraction of sp³-hybridized carbons (Fsp3) is 0.500. The fourth-order valence-corrected chi connectivity index (χ4v) is 3.26. The number of hydrogen-bond donors (Lipinski definition) is 1. The lowest BCUT2D eigenvalue weighted by Gasteiger charge is -2.32. The largest absolute Gasteiger partial charge is 0.336 e. The van der Waals surface area contributed by atoms with Crippen molar-refractivity contribution in [3.63, 3.8) is 0 Å². The number of aromatic nitrogens is 2. The highest BCUT2D eigenvalue weighted by atomic mass is 16.2. The van der Waals surface area contributed by atoms with Crippen LogP contribution in [-0.4, -0.2) is 46.8 Å². The van der Waals surface area contributed by atoms with Crippen LogP contribution in [0.25, 0.3) is 10.8 Å². The van der Waals surface area contributed by atoms with Gasteiger partial charge in [0.15, 0.2) is 5.69 Å². The number of rotatable bonds is 3. The maximum absolute atomic E-state index is 13.1. The third kappa shape index (κ3) is 2.94. The Hall–Kier alpha value is -2.21. The highest BCUT2D eigenvalue weighted by Gasteiger charge is 2.27. The van der Waals surface area contributed by atoms with Crippen LogP contribution in [0.4, 0.5) is 0 Å². The lowest BCUT2D eigenvalue weighted by molar-refractivity contribution is 0.0691. The van der Waals surface area contributed by atoms with Crippen LogP contribution in [0, 0.1) is 0 Å². The number of likely N-dealkylation sites (tertiary alicyclic amines) is 1. The van der Waals surface area contributed by atoms with Gasteiger partial charge in [-0.15, -0.1) is 0 Å². The Morgan fingerprint density at radius 2 is 2.00 bits per heavy atom. The third-order valence-corrected chi connectivity index (χ3v) is 4.64. The van der Waals surface area contributed by atoms with Crippen LogP contribution in [0.15, 0.2) is 29.1 Å². The predicted octanol–water partition coefficient (Wildman–Crippen LogP) is 1.80. The first-order valence-corrected chi connectivity index (χ1v) is 8.51. The zero-order valence-corrected chi connectivity index (χ0v) is 14.5. The lowest BCUT2D eigenvalue weighted by Crippen LogP contribution is -2.47. The van der Waals surface area contributed by atoms with E-state index >= 15 is 0 Å². The molecule has 0 radical (unpaired) electrons. The molecule has 2 heterocycles. The summed E-state index contributed by atoms with van der Waals surface area (Å²) < 4.78 is 1.41. The van der Waals surface area contributed by atoms with E-state index in [-0.39, 0.29) is 17.5 Å². The number of fused-ring (bicyclic) bond motifs is 1. The van der Waals surface area contributed by atoms with Crippen molar-refractivity contribution in [2.24, 2.45) is 0 Å². The van der Waals surface area contributed by atoms with Crippen LogP contribution in [0.5, 0.6) is 0 Å². The molecule has 1 aromatic heterocycles. The van der Waals surface area contributed by atoms with Crippen LogP contribution >= 0.6 is 0 Å². The molecule has 0 spiro atoms. The molecule has 1 unspecified atom stereocenters. The standard InChI is InChI=1S/C18H24N4O2/c1-12(2)22-17(23)15-9-5-4-8-14(15)16(20-22)18(24)21-10-6-7-13(11-21)19-3/h4-5,8-9,12-13,19H,6-7,10-11H2,1-3H3. The number of amides is 1. The van der Waals surface area contributed by atoms with E-state index in [2.05, 4.69) is 10.4 Å². The van der Waals surface area contributed by atoms with Crippen LogP contribution in [0.1, 0.15) is 43.2 Å². The van der Waals surface area contributed by atoms with Crippen molar-refractivity contribution in [1.82, 2.24) is 20.0 Å². The minimum atomic E-state index is -0.149. The lowest BCUT2D eigenvalue weighted by atomic mass is 10.0. The van der Waals surface area contributed by atoms with Gasteiger partial charge >= 0.3 is 0 Å². The maximum Gasteiger partial charge on any atom is 0.275 e. The predicted molar refractivity (Wildman–Crippen MR) is 94.4 cm³/mol. The monoisotopic (exact) mass is 328 g/mol. The molecule has 0 bridgehead atoms. The van der Waals surface area contributed by atoms with Crippen LogP contribution in [-0.2, 0) is 0 Å². The van der Waals surface area contributed by atoms with Gasteiger partial charge in [-0.25, -0.2) is 4.68 Å². The SMILES string of the molecule is CNC1CCCN(C(=O)c2nn(C(C)C)c(=O)c3ccccc23)C1. The van der Waals surface area contributed by atoms with Crippen LogP contribution in [0.2, 0.25) is 0 Å². The first-order valence-electron chi connectivity index (χ1n) is 8.51. The van der Waals surface area contributed by atoms with Gasteiger partial charge < -0.3 is 10.2 Å². The molecule has 1 atom stereocenters. The van der Waals surface area contributed by atoms with E-state index in [4.69, 9.17) is 0 Å². The number of piperidine rings is 1. The first-order chi connectivity index (χ1) is 11.5. The van der Waals surface area contributed by atoms with Crippen LogP contribution < -0.4 is 10.9 Å². The summed E-state index contributed by atoms with van der Waals surface area (Å²) in [5.41, 5.74) is 0.222. The third-order valence-electron chi connectivity index (χ3n) is 4.64. The van der Waals surface area contributed by atoms with Gasteiger partial charge in [-0.05, 0) is 39.8 Å². The summed E-state index contributed by atoms with van der Waals surface area (Å²) in [7, 11) is 1.92. The van der Waals surface area contributed by atoms with Gasteiger partial charge in [0, 0.05) is 24.5 Å². The van der Waals surface area contributed by atoms with E-state index in [0.717, 1.165) is 19.4 Å². The van der Waals surface area contributed by atoms with E-state index in [1.807, 2.05) is 37.9 Å². The second kappa shape index (κ2) is 6.73. The molecule has 24 heavy (non-hydrogen) atoms. The summed E-state index contributed by atoms with van der Waals surface area (Å²) in [6, 6.07) is 7.45. The number of hydrogen-bond acceptors (Lipinski definition) is 4. The highest BCUT2D eigenvalue weighted by Crippen LogP contribution is 2.19. The smallest absolute Gasteiger partial charge is 0.275 e. The van der Waals surface area contributed by atoms with Crippen molar-refractivity contribution in [3.8, 4) is 0 Å². The van der Waals surface area contributed by atoms with Gasteiger partial charge in [-0.1, -0.05) is 18.2 Å². The Bertz CT molecular complexity index is 812. The van der Waals surface area contributed by atoms with Crippen molar-refractivity contribution >= 4 is 16.7 Å². The average molecular weight is 328 g/mol. The van der Waals surface area contributed by atoms with E-state index in [1.54, 1.807) is 12.1 Å². The van der Waals surface area contributed by atoms with Crippen molar-refractivity contribution < 1.29 is 4.79 Å². The van der Waals surface area contributed by atoms with E-state index in [1.165, 1.54) is 4.68 Å². The van der Waals surface area contributed by atoms with Gasteiger partial charge in [0.1, 0.15) is 0 Å². The number of benzene rings is 1. The molecule has 1 aliphatic heterocycles. The number of nitrogens with zero attached hydrogens (tertiary/aromatic N) is 3. The number of carbonyl (C=O) groups excluding carboxylic acids is 1. The minimum Gasteiger partial charge on any atom is -0.336 e. The Labute approximate surface area is 141 Å². The maximum atomic E-state index is 13.1. The van der Waals surface area contributed by atoms with Crippen molar-refractivity contribution in [1.29, 1.82) is 0 Å². The van der Waals surface area contributed by atoms with Gasteiger partial charge in [-0.2, -0.15) is 5.10 Å². The summed E-state index contributed by atoms with van der Waals surface area (Å²) in [5, 5.41) is 8.85. The van der Waals surface area contributed by atoms with E-state index in [0.29, 0.717) is 29.1 Å². The molecule has 1 amide bonds. The number of likely N-dealkylation sites (N-methyl/N-ethyl adjacent to an activating group) is 1. The summed E-state index contributed by atoms with van der Waals surface area (Å²) in [4.78, 5) is 27.5. The molecule has 1 fully saturated rings. The van der Waals surface area contributed by atoms with Gasteiger partial charge in [-0.3, -0.25) is 9.59 Å². The van der Waals surface area contributed by atoms with Crippen molar-refractivity contribution in [2.45, 2.75) is 38.8 Å². The molecule has 6 nitrogen and oxygen atoms in total. The molecule has 1 saturated heterocycles. The molecule has 6 heteroatoms. The molecular formula is C18H24N4O2. The minimum absolute atomic E-state index is 0.0967. The zero-order valence-electron chi connectivity index (χ0n) is 14.5. The fourth-order valence-electron chi connectivity index (χ4n) is 3.26. The summed E-state index contributed by atoms with van der Waals surface area (Å²) in [6.45, 7) is 5.20. The summed E-state index contributed by atoms with van der Waals surface area (Å²) >= 11 is 0. The van der Waals surface area contributed by atoms with Gasteiger partial charge in [0.2, 0.25) is 0 Å². The quantitative estimate of drug-likeness (QED) is 0.933. The highest BCUT2D eigenvalue weighted by molar-refractivity contribution is 6.04. The molecule has 128 valence electrons. The number of carbonyl (C=O) groups is 1. The Morgan fingerprint density at radius 1 is 1.29 bits per heavy atom. The number of nitrogens with one attached hydrogen (secondary N) is 1. The molecule has 0 aliphatic carbocycles. The molecule has 1 aliphatic rings. The molecule has 2 aromatic rings. The second-order valence-electron chi connectivity index (χ2n) is 6.62. The second-order valence-corrected chi connectivity index (χ2v) is 6.62. The van der Waals surface area contributed by atoms with Crippen molar-refractivity contribution in [3.05, 3.63) is 40.3 Å². The van der Waals surface area contributed by atoms with E-state index in [9.17, 15) is 9.59 Å². The topological polar surface area (TPSA) is 67.2 Å². The van der Waals surface area contributed by atoms with Gasteiger partial charge in [0.25, 0.3) is 11.5 Å². The Kier molecular flexibility index (Phi) is 4.66. The first kappa shape index (κ1) is 16.6. The normalized spacial score (nSPS) is 18.3. The Morgan fingerprint density at radius 3 is 2.67 bits per heavy atom. The molecule has 0 saturated carbocycles. The molecular weight excluding hydrogens is 304 g/mol. The van der Waals surface area contributed by atoms with E-state index < -0.39 is 0 Å². The zero-order chi connectivity index (χ0) is 17.3. The molecule has 1 aromatic carbocycles. The molecule has 1 N–H and O–H groups in total.